The van der Waals surface area contributed by atoms with Gasteiger partial charge in [-0.2, -0.15) is 0 Å². The van der Waals surface area contributed by atoms with E-state index in [2.05, 4.69) is 27.6 Å². The summed E-state index contributed by atoms with van der Waals surface area (Å²) in [7, 11) is 2.16. The molecule has 1 fully saturated rings. The van der Waals surface area contributed by atoms with E-state index >= 15 is 0 Å². The van der Waals surface area contributed by atoms with Gasteiger partial charge in [0.2, 0.25) is 0 Å². The maximum atomic E-state index is 12.7. The zero-order valence-electron chi connectivity index (χ0n) is 16.3. The van der Waals surface area contributed by atoms with E-state index in [0.717, 1.165) is 35.6 Å². The van der Waals surface area contributed by atoms with Crippen LogP contribution in [0.15, 0.2) is 54.7 Å². The minimum Gasteiger partial charge on any atom is -0.322 e. The zero-order valence-corrected chi connectivity index (χ0v) is 16.3. The summed E-state index contributed by atoms with van der Waals surface area (Å²) in [6.07, 6.45) is 4.40. The van der Waals surface area contributed by atoms with Crippen molar-refractivity contribution in [3.05, 3.63) is 65.9 Å². The van der Waals surface area contributed by atoms with E-state index < -0.39 is 0 Å². The second-order valence-electron chi connectivity index (χ2n) is 7.45. The third-order valence-corrected chi connectivity index (χ3v) is 5.42. The fourth-order valence-electron chi connectivity index (χ4n) is 3.69. The average molecular weight is 375 g/mol. The van der Waals surface area contributed by atoms with E-state index in [1.807, 2.05) is 66.3 Å². The third kappa shape index (κ3) is 3.97. The molecule has 1 atom stereocenters. The first-order valence-corrected chi connectivity index (χ1v) is 9.68. The lowest BCUT2D eigenvalue weighted by atomic mass is 10.0. The number of hydrogen-bond acceptors (Lipinski definition) is 4. The Morgan fingerprint density at radius 1 is 1.21 bits per heavy atom. The molecule has 144 valence electrons. The molecule has 1 aromatic heterocycles. The number of carbonyl (C=O) groups excluding carboxylic acids is 1. The van der Waals surface area contributed by atoms with Gasteiger partial charge in [-0.05, 0) is 57.1 Å². The van der Waals surface area contributed by atoms with Gasteiger partial charge in [-0.3, -0.25) is 9.48 Å². The second kappa shape index (κ2) is 7.94. The van der Waals surface area contributed by atoms with Gasteiger partial charge in [0.25, 0.3) is 5.91 Å². The molecule has 0 bridgehead atoms. The Bertz CT molecular complexity index is 966. The van der Waals surface area contributed by atoms with Crippen molar-refractivity contribution in [3.8, 4) is 11.3 Å². The van der Waals surface area contributed by atoms with Gasteiger partial charge in [0, 0.05) is 22.9 Å². The summed E-state index contributed by atoms with van der Waals surface area (Å²) in [5, 5.41) is 11.6. The first kappa shape index (κ1) is 18.4. The van der Waals surface area contributed by atoms with Gasteiger partial charge in [-0.1, -0.05) is 35.5 Å². The van der Waals surface area contributed by atoms with Crippen LogP contribution in [0.2, 0.25) is 0 Å². The zero-order chi connectivity index (χ0) is 19.5. The molecule has 0 saturated carbocycles. The van der Waals surface area contributed by atoms with Gasteiger partial charge in [-0.25, -0.2) is 0 Å². The van der Waals surface area contributed by atoms with Crippen molar-refractivity contribution in [3.63, 3.8) is 0 Å². The largest absolute Gasteiger partial charge is 0.322 e. The number of nitrogens with zero attached hydrogens (tertiary/aromatic N) is 4. The molecule has 0 aliphatic carbocycles. The number of carbonyl (C=O) groups is 1. The molecule has 6 heteroatoms. The molecular weight excluding hydrogens is 350 g/mol. The monoisotopic (exact) mass is 375 g/mol. The molecule has 28 heavy (non-hydrogen) atoms. The van der Waals surface area contributed by atoms with Crippen LogP contribution in [-0.2, 0) is 6.54 Å². The summed E-state index contributed by atoms with van der Waals surface area (Å²) in [5.74, 6) is -0.120. The molecule has 2 heterocycles. The number of aryl methyl sites for hydroxylation is 1. The lowest BCUT2D eigenvalue weighted by molar-refractivity contribution is 0.102. The number of anilines is 1. The molecule has 0 radical (unpaired) electrons. The second-order valence-corrected chi connectivity index (χ2v) is 7.45. The number of aromatic nitrogens is 3. The van der Waals surface area contributed by atoms with Gasteiger partial charge in [-0.15, -0.1) is 5.10 Å². The predicted molar refractivity (Wildman–Crippen MR) is 110 cm³/mol. The molecule has 1 aliphatic heterocycles. The maximum absolute atomic E-state index is 12.7. The average Bonchev–Trinajstić information content (AvgIpc) is 3.33. The van der Waals surface area contributed by atoms with Crippen molar-refractivity contribution in [1.82, 2.24) is 19.9 Å². The van der Waals surface area contributed by atoms with Crippen molar-refractivity contribution in [2.75, 3.05) is 18.9 Å². The molecule has 1 saturated heterocycles. The summed E-state index contributed by atoms with van der Waals surface area (Å²) in [5.41, 5.74) is 4.04. The van der Waals surface area contributed by atoms with Crippen LogP contribution in [0.4, 0.5) is 5.69 Å². The number of benzene rings is 2. The minimum atomic E-state index is -0.120. The van der Waals surface area contributed by atoms with E-state index in [0.29, 0.717) is 11.6 Å². The maximum Gasteiger partial charge on any atom is 0.255 e. The number of likely N-dealkylation sites (N-methyl/N-ethyl adjacent to an activating group) is 1. The van der Waals surface area contributed by atoms with Crippen LogP contribution in [0.1, 0.15) is 28.8 Å². The van der Waals surface area contributed by atoms with Crippen LogP contribution in [0.5, 0.6) is 0 Å². The van der Waals surface area contributed by atoms with Crippen LogP contribution < -0.4 is 5.32 Å². The lowest BCUT2D eigenvalue weighted by Gasteiger charge is -2.18. The number of rotatable bonds is 5. The van der Waals surface area contributed by atoms with Crippen molar-refractivity contribution >= 4 is 11.6 Å². The van der Waals surface area contributed by atoms with Gasteiger partial charge in [0.05, 0.1) is 12.7 Å². The Labute approximate surface area is 165 Å². The summed E-state index contributed by atoms with van der Waals surface area (Å²) >= 11 is 0. The first-order valence-electron chi connectivity index (χ1n) is 9.68. The Balaban J connectivity index is 1.53. The number of para-hydroxylation sites is 1. The highest BCUT2D eigenvalue weighted by Crippen LogP contribution is 2.22. The van der Waals surface area contributed by atoms with Crippen molar-refractivity contribution < 1.29 is 4.79 Å². The predicted octanol–water partition coefficient (Wildman–Crippen LogP) is 3.60. The first-order chi connectivity index (χ1) is 13.6. The number of likely N-dealkylation sites (tertiary alicyclic amines) is 1. The van der Waals surface area contributed by atoms with Crippen LogP contribution in [0.25, 0.3) is 11.3 Å². The van der Waals surface area contributed by atoms with Crippen LogP contribution in [0, 0.1) is 6.92 Å². The molecule has 4 rings (SSSR count). The fraction of sp³-hybridized carbons (Fsp3) is 0.318. The standard InChI is InChI=1S/C22H25N5O/c1-16-10-11-17(13-20(16)22(28)23-18-7-4-3-5-8-18)21-15-27(25-24-21)14-19-9-6-12-26(19)2/h3-5,7-8,10-11,13,15,19H,6,9,12,14H2,1-2H3,(H,23,28)/t19-/m1/s1. The van der Waals surface area contributed by atoms with E-state index in [1.54, 1.807) is 0 Å². The molecule has 1 aliphatic rings. The molecular formula is C22H25N5O. The summed E-state index contributed by atoms with van der Waals surface area (Å²) < 4.78 is 1.91. The fourth-order valence-corrected chi connectivity index (χ4v) is 3.69. The molecule has 3 aromatic rings. The van der Waals surface area contributed by atoms with Gasteiger partial charge in [0.1, 0.15) is 5.69 Å². The van der Waals surface area contributed by atoms with Crippen molar-refractivity contribution in [1.29, 1.82) is 0 Å². The number of nitrogens with one attached hydrogen (secondary N) is 1. The highest BCUT2D eigenvalue weighted by molar-refractivity contribution is 6.05. The summed E-state index contributed by atoms with van der Waals surface area (Å²) in [4.78, 5) is 15.1. The van der Waals surface area contributed by atoms with E-state index in [1.165, 1.54) is 12.8 Å². The number of amides is 1. The molecule has 1 N–H and O–H groups in total. The molecule has 0 unspecified atom stereocenters. The Kier molecular flexibility index (Phi) is 5.21. The number of hydrogen-bond donors (Lipinski definition) is 1. The van der Waals surface area contributed by atoms with E-state index in [4.69, 9.17) is 0 Å². The topological polar surface area (TPSA) is 63.1 Å². The quantitative estimate of drug-likeness (QED) is 0.740. The van der Waals surface area contributed by atoms with E-state index in [-0.39, 0.29) is 5.91 Å². The summed E-state index contributed by atoms with van der Waals surface area (Å²) in [6, 6.07) is 15.8. The van der Waals surface area contributed by atoms with Crippen LogP contribution in [0.3, 0.4) is 0 Å². The third-order valence-electron chi connectivity index (χ3n) is 5.42. The SMILES string of the molecule is Cc1ccc(-c2cn(C[C@H]3CCCN3C)nn2)cc1C(=O)Nc1ccccc1. The molecule has 2 aromatic carbocycles. The summed E-state index contributed by atoms with van der Waals surface area (Å²) in [6.45, 7) is 3.93. The van der Waals surface area contributed by atoms with Crippen LogP contribution >= 0.6 is 0 Å². The normalized spacial score (nSPS) is 17.0. The minimum absolute atomic E-state index is 0.120. The lowest BCUT2D eigenvalue weighted by Crippen LogP contribution is -2.29. The van der Waals surface area contributed by atoms with Crippen molar-refractivity contribution in [2.24, 2.45) is 0 Å². The van der Waals surface area contributed by atoms with Gasteiger partial charge < -0.3 is 10.2 Å². The Hall–Kier alpha value is -2.99. The smallest absolute Gasteiger partial charge is 0.255 e. The van der Waals surface area contributed by atoms with Gasteiger partial charge >= 0.3 is 0 Å². The van der Waals surface area contributed by atoms with Gasteiger partial charge in [0.15, 0.2) is 0 Å². The highest BCUT2D eigenvalue weighted by Gasteiger charge is 2.22. The molecule has 0 spiro atoms. The van der Waals surface area contributed by atoms with Crippen molar-refractivity contribution in [2.45, 2.75) is 32.4 Å². The highest BCUT2D eigenvalue weighted by atomic mass is 16.1. The molecule has 1 amide bonds. The van der Waals surface area contributed by atoms with E-state index in [9.17, 15) is 4.79 Å². The van der Waals surface area contributed by atoms with Crippen LogP contribution in [-0.4, -0.2) is 45.4 Å². The Morgan fingerprint density at radius 2 is 2.04 bits per heavy atom. The Morgan fingerprint density at radius 3 is 2.79 bits per heavy atom. The molecule has 6 nitrogen and oxygen atoms in total.